The van der Waals surface area contributed by atoms with Gasteiger partial charge >= 0.3 is 0 Å². The molecular formula is C22H32N2O2. The smallest absolute Gasteiger partial charge is 0.229 e. The summed E-state index contributed by atoms with van der Waals surface area (Å²) in [6, 6.07) is 7.84. The van der Waals surface area contributed by atoms with Crippen LogP contribution in [0.4, 0.5) is 11.4 Å². The molecule has 2 aliphatic rings. The average molecular weight is 357 g/mol. The maximum atomic E-state index is 12.7. The SMILES string of the molecule is CN(C(=O)C1CCCCC1)c1ccc(N(C)C(=O)C2CCCCC2)cc1. The molecule has 0 saturated heterocycles. The Balaban J connectivity index is 1.63. The highest BCUT2D eigenvalue weighted by Crippen LogP contribution is 2.29. The van der Waals surface area contributed by atoms with Crippen molar-refractivity contribution in [3.8, 4) is 0 Å². The molecule has 142 valence electrons. The molecule has 0 spiro atoms. The van der Waals surface area contributed by atoms with E-state index in [9.17, 15) is 9.59 Å². The molecule has 0 aliphatic heterocycles. The molecule has 3 rings (SSSR count). The third-order valence-corrected chi connectivity index (χ3v) is 6.19. The maximum absolute atomic E-state index is 12.7. The first-order valence-corrected chi connectivity index (χ1v) is 10.2. The van der Waals surface area contributed by atoms with Gasteiger partial charge in [0.15, 0.2) is 0 Å². The zero-order chi connectivity index (χ0) is 18.5. The summed E-state index contributed by atoms with van der Waals surface area (Å²) in [7, 11) is 3.73. The number of nitrogens with zero attached hydrogens (tertiary/aromatic N) is 2. The van der Waals surface area contributed by atoms with Gasteiger partial charge in [0.1, 0.15) is 0 Å². The summed E-state index contributed by atoms with van der Waals surface area (Å²) in [5, 5.41) is 0. The Morgan fingerprint density at radius 3 is 1.27 bits per heavy atom. The monoisotopic (exact) mass is 356 g/mol. The Morgan fingerprint density at radius 2 is 0.962 bits per heavy atom. The van der Waals surface area contributed by atoms with Crippen LogP contribution in [0.15, 0.2) is 24.3 Å². The van der Waals surface area contributed by atoms with Crippen LogP contribution >= 0.6 is 0 Å². The van der Waals surface area contributed by atoms with Gasteiger partial charge in [0.05, 0.1) is 0 Å². The molecule has 0 unspecified atom stereocenters. The third-order valence-electron chi connectivity index (χ3n) is 6.19. The summed E-state index contributed by atoms with van der Waals surface area (Å²) in [5.74, 6) is 0.793. The second-order valence-electron chi connectivity index (χ2n) is 7.98. The quantitative estimate of drug-likeness (QED) is 0.779. The fourth-order valence-corrected chi connectivity index (χ4v) is 4.40. The molecule has 0 atom stereocenters. The Labute approximate surface area is 157 Å². The number of anilines is 2. The average Bonchev–Trinajstić information content (AvgIpc) is 2.73. The predicted octanol–water partition coefficient (Wildman–Crippen LogP) is 4.77. The number of hydrogen-bond donors (Lipinski definition) is 0. The van der Waals surface area contributed by atoms with E-state index in [1.54, 1.807) is 9.80 Å². The number of carbonyl (C=O) groups is 2. The summed E-state index contributed by atoms with van der Waals surface area (Å²) < 4.78 is 0. The van der Waals surface area contributed by atoms with Crippen molar-refractivity contribution in [1.29, 1.82) is 0 Å². The minimum atomic E-state index is 0.170. The normalized spacial score (nSPS) is 19.2. The van der Waals surface area contributed by atoms with E-state index in [0.29, 0.717) is 0 Å². The van der Waals surface area contributed by atoms with Gasteiger partial charge in [-0.25, -0.2) is 0 Å². The van der Waals surface area contributed by atoms with Gasteiger partial charge in [-0.15, -0.1) is 0 Å². The molecule has 0 radical (unpaired) electrons. The minimum absolute atomic E-state index is 0.170. The van der Waals surface area contributed by atoms with Crippen LogP contribution < -0.4 is 9.80 Å². The van der Waals surface area contributed by atoms with Gasteiger partial charge in [-0.3, -0.25) is 9.59 Å². The first kappa shape index (κ1) is 18.9. The largest absolute Gasteiger partial charge is 0.315 e. The number of carbonyl (C=O) groups excluding carboxylic acids is 2. The van der Waals surface area contributed by atoms with E-state index in [2.05, 4.69) is 0 Å². The van der Waals surface area contributed by atoms with Crippen molar-refractivity contribution in [3.63, 3.8) is 0 Å². The zero-order valence-electron chi connectivity index (χ0n) is 16.2. The summed E-state index contributed by atoms with van der Waals surface area (Å²) in [6.07, 6.45) is 11.2. The Morgan fingerprint density at radius 1 is 0.654 bits per heavy atom. The number of rotatable bonds is 4. The van der Waals surface area contributed by atoms with Crippen LogP contribution in [-0.4, -0.2) is 25.9 Å². The van der Waals surface area contributed by atoms with Crippen LogP contribution in [0.2, 0.25) is 0 Å². The van der Waals surface area contributed by atoms with Gasteiger partial charge < -0.3 is 9.80 Å². The predicted molar refractivity (Wildman–Crippen MR) is 106 cm³/mol. The standard InChI is InChI=1S/C22H32N2O2/c1-23(21(25)17-9-5-3-6-10-17)19-13-15-20(16-14-19)24(2)22(26)18-11-7-4-8-12-18/h13-18H,3-12H2,1-2H3. The van der Waals surface area contributed by atoms with E-state index in [0.717, 1.165) is 62.7 Å². The molecular weight excluding hydrogens is 324 g/mol. The highest BCUT2D eigenvalue weighted by Gasteiger charge is 2.26. The third kappa shape index (κ3) is 4.28. The Bertz CT molecular complexity index is 559. The fourth-order valence-electron chi connectivity index (χ4n) is 4.40. The molecule has 26 heavy (non-hydrogen) atoms. The van der Waals surface area contributed by atoms with Crippen LogP contribution in [0, 0.1) is 11.8 Å². The Kier molecular flexibility index (Phi) is 6.33. The number of benzene rings is 1. The molecule has 1 aromatic rings. The maximum Gasteiger partial charge on any atom is 0.229 e. The molecule has 0 heterocycles. The van der Waals surface area contributed by atoms with E-state index >= 15 is 0 Å². The van der Waals surface area contributed by atoms with Gasteiger partial charge in [-0.2, -0.15) is 0 Å². The van der Waals surface area contributed by atoms with Gasteiger partial charge in [-0.1, -0.05) is 38.5 Å². The van der Waals surface area contributed by atoms with E-state index in [1.807, 2.05) is 38.4 Å². The first-order chi connectivity index (χ1) is 12.6. The lowest BCUT2D eigenvalue weighted by Gasteiger charge is -2.28. The number of hydrogen-bond acceptors (Lipinski definition) is 2. The summed E-state index contributed by atoms with van der Waals surface area (Å²) in [5.41, 5.74) is 1.81. The number of amides is 2. The van der Waals surface area contributed by atoms with Gasteiger partial charge in [0, 0.05) is 37.3 Å². The second-order valence-corrected chi connectivity index (χ2v) is 7.98. The fraction of sp³-hybridized carbons (Fsp3) is 0.636. The lowest BCUT2D eigenvalue weighted by Crippen LogP contribution is -2.34. The van der Waals surface area contributed by atoms with Crippen molar-refractivity contribution in [2.45, 2.75) is 64.2 Å². The molecule has 0 bridgehead atoms. The van der Waals surface area contributed by atoms with Crippen molar-refractivity contribution in [3.05, 3.63) is 24.3 Å². The molecule has 1 aromatic carbocycles. The van der Waals surface area contributed by atoms with E-state index in [4.69, 9.17) is 0 Å². The molecule has 4 heteroatoms. The minimum Gasteiger partial charge on any atom is -0.315 e. The molecule has 0 aromatic heterocycles. The van der Waals surface area contributed by atoms with Crippen LogP contribution in [0.3, 0.4) is 0 Å². The van der Waals surface area contributed by atoms with Crippen molar-refractivity contribution in [2.75, 3.05) is 23.9 Å². The van der Waals surface area contributed by atoms with E-state index in [-0.39, 0.29) is 23.7 Å². The zero-order valence-corrected chi connectivity index (χ0v) is 16.2. The summed E-state index contributed by atoms with van der Waals surface area (Å²) in [6.45, 7) is 0. The molecule has 4 nitrogen and oxygen atoms in total. The van der Waals surface area contributed by atoms with Gasteiger partial charge in [0.2, 0.25) is 11.8 Å². The first-order valence-electron chi connectivity index (χ1n) is 10.2. The molecule has 0 N–H and O–H groups in total. The molecule has 2 saturated carbocycles. The lowest BCUT2D eigenvalue weighted by molar-refractivity contribution is -0.123. The Hall–Kier alpha value is -1.84. The highest BCUT2D eigenvalue weighted by atomic mass is 16.2. The van der Waals surface area contributed by atoms with Crippen molar-refractivity contribution >= 4 is 23.2 Å². The van der Waals surface area contributed by atoms with Crippen LogP contribution in [0.25, 0.3) is 0 Å². The van der Waals surface area contributed by atoms with Crippen LogP contribution in [-0.2, 0) is 9.59 Å². The van der Waals surface area contributed by atoms with E-state index in [1.165, 1.54) is 12.8 Å². The van der Waals surface area contributed by atoms with Gasteiger partial charge in [-0.05, 0) is 49.9 Å². The van der Waals surface area contributed by atoms with Crippen molar-refractivity contribution in [2.24, 2.45) is 11.8 Å². The molecule has 2 fully saturated rings. The van der Waals surface area contributed by atoms with Gasteiger partial charge in [0.25, 0.3) is 0 Å². The lowest BCUT2D eigenvalue weighted by atomic mass is 9.88. The second kappa shape index (κ2) is 8.70. The van der Waals surface area contributed by atoms with Crippen molar-refractivity contribution in [1.82, 2.24) is 0 Å². The summed E-state index contributed by atoms with van der Waals surface area (Å²) in [4.78, 5) is 28.9. The topological polar surface area (TPSA) is 40.6 Å². The molecule has 2 aliphatic carbocycles. The highest BCUT2D eigenvalue weighted by molar-refractivity contribution is 5.96. The van der Waals surface area contributed by atoms with E-state index < -0.39 is 0 Å². The summed E-state index contributed by atoms with van der Waals surface area (Å²) >= 11 is 0. The van der Waals surface area contributed by atoms with Crippen molar-refractivity contribution < 1.29 is 9.59 Å². The van der Waals surface area contributed by atoms with Crippen LogP contribution in [0.1, 0.15) is 64.2 Å². The van der Waals surface area contributed by atoms with Crippen LogP contribution in [0.5, 0.6) is 0 Å². The molecule has 2 amide bonds.